The number of carbonyl (C=O) groups excluding carboxylic acids is 1. The van der Waals surface area contributed by atoms with Gasteiger partial charge in [0.1, 0.15) is 0 Å². The van der Waals surface area contributed by atoms with Gasteiger partial charge >= 0.3 is 12.1 Å². The Morgan fingerprint density at radius 1 is 1.45 bits per heavy atom. The van der Waals surface area contributed by atoms with Gasteiger partial charge in [-0.3, -0.25) is 4.79 Å². The lowest BCUT2D eigenvalue weighted by atomic mass is 10.2. The van der Waals surface area contributed by atoms with E-state index in [-0.39, 0.29) is 17.9 Å². The molecule has 1 amide bonds. The van der Waals surface area contributed by atoms with Gasteiger partial charge in [0.05, 0.1) is 0 Å². The molecule has 2 nitrogen and oxygen atoms in total. The summed E-state index contributed by atoms with van der Waals surface area (Å²) < 4.78 is 34.9. The molecular formula is C5H5BrF3NO. The molecule has 1 aliphatic heterocycles. The maximum Gasteiger partial charge on any atom is 0.471 e. The molecule has 0 aromatic rings. The highest BCUT2D eigenvalue weighted by molar-refractivity contribution is 9.09. The van der Waals surface area contributed by atoms with Crippen molar-refractivity contribution in [2.75, 3.05) is 13.1 Å². The van der Waals surface area contributed by atoms with E-state index in [4.69, 9.17) is 0 Å². The molecule has 1 fully saturated rings. The van der Waals surface area contributed by atoms with E-state index in [1.165, 1.54) is 0 Å². The molecular weight excluding hydrogens is 227 g/mol. The molecule has 0 N–H and O–H groups in total. The van der Waals surface area contributed by atoms with Gasteiger partial charge in [-0.1, -0.05) is 15.9 Å². The predicted molar refractivity (Wildman–Crippen MR) is 35.4 cm³/mol. The molecule has 0 atom stereocenters. The summed E-state index contributed by atoms with van der Waals surface area (Å²) in [5.74, 6) is -1.74. The minimum Gasteiger partial charge on any atom is -0.333 e. The summed E-state index contributed by atoms with van der Waals surface area (Å²) >= 11 is 3.07. The molecule has 0 saturated carbocycles. The van der Waals surface area contributed by atoms with Crippen LogP contribution in [0.3, 0.4) is 0 Å². The van der Waals surface area contributed by atoms with Crippen molar-refractivity contribution in [3.8, 4) is 0 Å². The molecule has 1 aliphatic rings. The fourth-order valence-electron chi connectivity index (χ4n) is 0.770. The van der Waals surface area contributed by atoms with E-state index < -0.39 is 12.1 Å². The second kappa shape index (κ2) is 2.66. The van der Waals surface area contributed by atoms with Crippen LogP contribution in [0.5, 0.6) is 0 Å². The summed E-state index contributed by atoms with van der Waals surface area (Å²) in [4.78, 5) is 11.2. The summed E-state index contributed by atoms with van der Waals surface area (Å²) in [5.41, 5.74) is 0. The zero-order valence-electron chi connectivity index (χ0n) is 5.36. The van der Waals surface area contributed by atoms with Crippen molar-refractivity contribution in [3.05, 3.63) is 0 Å². The normalized spacial score (nSPS) is 19.8. The molecule has 0 aliphatic carbocycles. The van der Waals surface area contributed by atoms with Crippen LogP contribution in [0.1, 0.15) is 0 Å². The molecule has 1 saturated heterocycles. The summed E-state index contributed by atoms with van der Waals surface area (Å²) in [6.45, 7) is 0.302. The number of alkyl halides is 4. The number of nitrogens with zero attached hydrogens (tertiary/aromatic N) is 1. The first-order valence-corrected chi connectivity index (χ1v) is 3.83. The molecule has 0 aromatic carbocycles. The predicted octanol–water partition coefficient (Wildman–Crippen LogP) is 1.15. The second-order valence-electron chi connectivity index (χ2n) is 2.31. The Morgan fingerprint density at radius 2 is 1.91 bits per heavy atom. The Labute approximate surface area is 69.5 Å². The average molecular weight is 232 g/mol. The first-order chi connectivity index (χ1) is 4.91. The quantitative estimate of drug-likeness (QED) is 0.574. The van der Waals surface area contributed by atoms with E-state index in [0.29, 0.717) is 0 Å². The summed E-state index contributed by atoms with van der Waals surface area (Å²) in [7, 11) is 0. The number of hydrogen-bond donors (Lipinski definition) is 0. The molecule has 1 rings (SSSR count). The average Bonchev–Trinajstić information content (AvgIpc) is 1.77. The number of amides is 1. The van der Waals surface area contributed by atoms with Crippen LogP contribution in [0.25, 0.3) is 0 Å². The molecule has 11 heavy (non-hydrogen) atoms. The van der Waals surface area contributed by atoms with Gasteiger partial charge in [-0.2, -0.15) is 13.2 Å². The van der Waals surface area contributed by atoms with E-state index in [9.17, 15) is 18.0 Å². The standard InChI is InChI=1S/C5H5BrF3NO/c6-3-1-10(2-3)4(11)5(7,8)9/h3H,1-2H2. The third kappa shape index (κ3) is 1.85. The number of rotatable bonds is 0. The van der Waals surface area contributed by atoms with E-state index in [2.05, 4.69) is 15.9 Å². The van der Waals surface area contributed by atoms with Crippen LogP contribution < -0.4 is 0 Å². The number of hydrogen-bond acceptors (Lipinski definition) is 1. The maximum absolute atomic E-state index is 11.6. The van der Waals surface area contributed by atoms with Crippen molar-refractivity contribution in [2.45, 2.75) is 11.0 Å². The van der Waals surface area contributed by atoms with Gasteiger partial charge in [0.15, 0.2) is 0 Å². The van der Waals surface area contributed by atoms with Crippen LogP contribution in [0.2, 0.25) is 0 Å². The van der Waals surface area contributed by atoms with Crippen LogP contribution in [-0.2, 0) is 4.79 Å². The lowest BCUT2D eigenvalue weighted by Gasteiger charge is -2.35. The van der Waals surface area contributed by atoms with Crippen molar-refractivity contribution < 1.29 is 18.0 Å². The van der Waals surface area contributed by atoms with Crippen LogP contribution in [-0.4, -0.2) is 34.9 Å². The number of likely N-dealkylation sites (tertiary alicyclic amines) is 1. The van der Waals surface area contributed by atoms with Crippen molar-refractivity contribution >= 4 is 21.8 Å². The van der Waals surface area contributed by atoms with Crippen LogP contribution in [0, 0.1) is 0 Å². The Morgan fingerprint density at radius 3 is 2.18 bits per heavy atom. The number of halogens is 4. The van der Waals surface area contributed by atoms with Gasteiger partial charge < -0.3 is 4.90 Å². The van der Waals surface area contributed by atoms with Gasteiger partial charge in [-0.15, -0.1) is 0 Å². The highest BCUT2D eigenvalue weighted by Gasteiger charge is 2.45. The SMILES string of the molecule is O=C(N1CC(Br)C1)C(F)(F)F. The lowest BCUT2D eigenvalue weighted by molar-refractivity contribution is -0.188. The van der Waals surface area contributed by atoms with Crippen LogP contribution >= 0.6 is 15.9 Å². The fourth-order valence-corrected chi connectivity index (χ4v) is 1.47. The highest BCUT2D eigenvalue weighted by atomic mass is 79.9. The van der Waals surface area contributed by atoms with Crippen molar-refractivity contribution in [2.24, 2.45) is 0 Å². The summed E-state index contributed by atoms with van der Waals surface area (Å²) in [5, 5.41) is 0. The topological polar surface area (TPSA) is 20.3 Å². The summed E-state index contributed by atoms with van der Waals surface area (Å²) in [6.07, 6.45) is -4.72. The van der Waals surface area contributed by atoms with Crippen molar-refractivity contribution in [3.63, 3.8) is 0 Å². The maximum atomic E-state index is 11.6. The lowest BCUT2D eigenvalue weighted by Crippen LogP contribution is -2.55. The Bertz CT molecular complexity index is 175. The third-order valence-electron chi connectivity index (χ3n) is 1.37. The largest absolute Gasteiger partial charge is 0.471 e. The van der Waals surface area contributed by atoms with E-state index >= 15 is 0 Å². The number of carbonyl (C=O) groups is 1. The van der Waals surface area contributed by atoms with E-state index in [1.807, 2.05) is 0 Å². The first-order valence-electron chi connectivity index (χ1n) is 2.91. The molecule has 0 aromatic heterocycles. The fraction of sp³-hybridized carbons (Fsp3) is 0.800. The van der Waals surface area contributed by atoms with Gasteiger partial charge in [0.25, 0.3) is 0 Å². The van der Waals surface area contributed by atoms with Crippen LogP contribution in [0.4, 0.5) is 13.2 Å². The molecule has 64 valence electrons. The van der Waals surface area contributed by atoms with E-state index in [1.54, 1.807) is 0 Å². The smallest absolute Gasteiger partial charge is 0.333 e. The zero-order chi connectivity index (χ0) is 8.65. The Balaban J connectivity index is 2.45. The van der Waals surface area contributed by atoms with Gasteiger partial charge in [-0.25, -0.2) is 0 Å². The third-order valence-corrected chi connectivity index (χ3v) is 1.95. The van der Waals surface area contributed by atoms with Crippen molar-refractivity contribution in [1.82, 2.24) is 4.90 Å². The summed E-state index contributed by atoms with van der Waals surface area (Å²) in [6, 6.07) is 0. The minimum absolute atomic E-state index is 0.0220. The van der Waals surface area contributed by atoms with Gasteiger partial charge in [-0.05, 0) is 0 Å². The van der Waals surface area contributed by atoms with Crippen molar-refractivity contribution in [1.29, 1.82) is 0 Å². The van der Waals surface area contributed by atoms with E-state index in [0.717, 1.165) is 4.90 Å². The van der Waals surface area contributed by atoms with Gasteiger partial charge in [0, 0.05) is 17.9 Å². The molecule has 6 heteroatoms. The monoisotopic (exact) mass is 231 g/mol. The molecule has 0 radical (unpaired) electrons. The second-order valence-corrected chi connectivity index (χ2v) is 3.60. The molecule has 0 spiro atoms. The first kappa shape index (κ1) is 8.83. The highest BCUT2D eigenvalue weighted by Crippen LogP contribution is 2.24. The Hall–Kier alpha value is -0.260. The minimum atomic E-state index is -4.72. The van der Waals surface area contributed by atoms with Crippen LogP contribution in [0.15, 0.2) is 0 Å². The molecule has 0 unspecified atom stereocenters. The molecule has 0 bridgehead atoms. The Kier molecular flexibility index (Phi) is 2.13. The molecule has 1 heterocycles. The van der Waals surface area contributed by atoms with Gasteiger partial charge in [0.2, 0.25) is 0 Å². The zero-order valence-corrected chi connectivity index (χ0v) is 6.94.